The van der Waals surface area contributed by atoms with Crippen LogP contribution in [0.4, 0.5) is 0 Å². The zero-order valence-electron chi connectivity index (χ0n) is 28.5. The van der Waals surface area contributed by atoms with Crippen molar-refractivity contribution in [2.24, 2.45) is 0 Å². The summed E-state index contributed by atoms with van der Waals surface area (Å²) >= 11 is 0. The second-order valence-corrected chi connectivity index (χ2v) is 12.3. The lowest BCUT2D eigenvalue weighted by molar-refractivity contribution is -0.141. The number of amides is 3. The van der Waals surface area contributed by atoms with Crippen LogP contribution in [0.15, 0.2) is 85.1 Å². The fourth-order valence-corrected chi connectivity index (χ4v) is 4.73. The summed E-state index contributed by atoms with van der Waals surface area (Å²) in [6.07, 6.45) is 6.05. The number of nitrogens with one attached hydrogen (secondary N) is 3. The number of aliphatic carboxylic acids is 2. The van der Waals surface area contributed by atoms with Crippen LogP contribution in [0.3, 0.4) is 0 Å². The normalized spacial score (nSPS) is 17.2. The fraction of sp³-hybridized carbons (Fsp3) is 0.364. The van der Waals surface area contributed by atoms with Gasteiger partial charge in [-0.25, -0.2) is 14.6 Å². The van der Waals surface area contributed by atoms with Crippen LogP contribution in [0.25, 0.3) is 0 Å². The predicted octanol–water partition coefficient (Wildman–Crippen LogP) is 1.09. The molecule has 2 aliphatic rings. The standard InChI is InChI=1S/C15H21N3O5.C12H17NO4S.C6H7NO3/c1-3-14(20)18(11(2)15(21)22)17-13(19)7-5-4-6-12-10-16-8-9-23-12;1-9-3-4-10(18(14,15)16)7-11(9)12-8-13(2)5-6-17-12;1-3-5(8)7-4(2)6(9)10/h3,5,7,12,16H,1-2,4,6,8-10H2,(H,17,19)(H,21,22);3-4,7,12H,5-6,8H2,1-2H3,(H,14,15,16);3H,1-2H2,(H,7,8)(H,9,10). The number of nitrogens with zero attached hydrogens (tertiary/aromatic N) is 2. The van der Waals surface area contributed by atoms with Crippen LogP contribution in [0, 0.1) is 6.92 Å². The summed E-state index contributed by atoms with van der Waals surface area (Å²) < 4.78 is 42.6. The van der Waals surface area contributed by atoms with Gasteiger partial charge in [0.05, 0.1) is 30.3 Å². The largest absolute Gasteiger partial charge is 0.477 e. The van der Waals surface area contributed by atoms with Crippen LogP contribution < -0.4 is 16.1 Å². The number of morpholine rings is 2. The molecule has 3 rings (SSSR count). The Morgan fingerprint density at radius 1 is 1.06 bits per heavy atom. The summed E-state index contributed by atoms with van der Waals surface area (Å²) in [5.74, 6) is -4.68. The molecule has 0 spiro atoms. The highest BCUT2D eigenvalue weighted by molar-refractivity contribution is 7.85. The monoisotopic (exact) mass is 735 g/mol. The third-order valence-electron chi connectivity index (χ3n) is 6.95. The van der Waals surface area contributed by atoms with Crippen LogP contribution >= 0.6 is 0 Å². The van der Waals surface area contributed by atoms with Crippen LogP contribution in [-0.2, 0) is 43.6 Å². The van der Waals surface area contributed by atoms with Gasteiger partial charge in [0.25, 0.3) is 21.9 Å². The summed E-state index contributed by atoms with van der Waals surface area (Å²) in [7, 11) is -2.17. The number of carboxylic acids is 2. The lowest BCUT2D eigenvalue weighted by Gasteiger charge is -2.31. The smallest absolute Gasteiger partial charge is 0.353 e. The molecule has 51 heavy (non-hydrogen) atoms. The molecule has 1 aromatic rings. The molecule has 280 valence electrons. The first kappa shape index (κ1) is 44.0. The number of aryl methyl sites for hydroxylation is 1. The van der Waals surface area contributed by atoms with Crippen LogP contribution in [0.2, 0.25) is 0 Å². The van der Waals surface area contributed by atoms with Gasteiger partial charge in [0.15, 0.2) is 0 Å². The van der Waals surface area contributed by atoms with Gasteiger partial charge in [0, 0.05) is 32.3 Å². The fourth-order valence-electron chi connectivity index (χ4n) is 4.21. The number of hydrogen-bond acceptors (Lipinski definition) is 11. The number of allylic oxidation sites excluding steroid dienone is 1. The van der Waals surface area contributed by atoms with E-state index >= 15 is 0 Å². The van der Waals surface area contributed by atoms with Crippen molar-refractivity contribution in [3.05, 3.63) is 91.3 Å². The van der Waals surface area contributed by atoms with Crippen molar-refractivity contribution in [3.63, 3.8) is 0 Å². The van der Waals surface area contributed by atoms with E-state index in [4.69, 9.17) is 24.2 Å². The minimum absolute atomic E-state index is 0.0834. The van der Waals surface area contributed by atoms with E-state index in [1.165, 1.54) is 18.2 Å². The number of hydrogen-bond donors (Lipinski definition) is 6. The molecule has 0 aromatic heterocycles. The molecule has 0 bridgehead atoms. The topological polar surface area (TPSA) is 241 Å². The van der Waals surface area contributed by atoms with E-state index in [2.05, 4.69) is 42.0 Å². The highest BCUT2D eigenvalue weighted by Crippen LogP contribution is 2.27. The zero-order chi connectivity index (χ0) is 38.7. The van der Waals surface area contributed by atoms with Gasteiger partial charge in [-0.05, 0) is 62.2 Å². The first-order chi connectivity index (χ1) is 23.9. The quantitative estimate of drug-likeness (QED) is 0.100. The maximum atomic E-state index is 11.7. The maximum absolute atomic E-state index is 11.7. The van der Waals surface area contributed by atoms with Gasteiger partial charge in [-0.2, -0.15) is 8.42 Å². The lowest BCUT2D eigenvalue weighted by Crippen LogP contribution is -2.45. The summed E-state index contributed by atoms with van der Waals surface area (Å²) in [4.78, 5) is 56.6. The van der Waals surface area contributed by atoms with Crippen LogP contribution in [0.1, 0.15) is 30.1 Å². The summed E-state index contributed by atoms with van der Waals surface area (Å²) in [5.41, 5.74) is 3.00. The molecule has 0 saturated carbocycles. The molecule has 2 fully saturated rings. The first-order valence-electron chi connectivity index (χ1n) is 15.3. The van der Waals surface area contributed by atoms with E-state index in [1.807, 2.05) is 19.3 Å². The molecule has 2 saturated heterocycles. The number of likely N-dealkylation sites (N-methyl/N-ethyl adjacent to an activating group) is 1. The van der Waals surface area contributed by atoms with Gasteiger partial charge in [0.1, 0.15) is 11.4 Å². The number of ether oxygens (including phenoxy) is 2. The zero-order valence-corrected chi connectivity index (χ0v) is 29.3. The second kappa shape index (κ2) is 22.0. The average molecular weight is 736 g/mol. The third kappa shape index (κ3) is 16.5. The van der Waals surface area contributed by atoms with Crippen molar-refractivity contribution in [1.29, 1.82) is 0 Å². The molecule has 2 unspecified atom stereocenters. The lowest BCUT2D eigenvalue weighted by atomic mass is 10.0. The van der Waals surface area contributed by atoms with Crippen molar-refractivity contribution in [1.82, 2.24) is 26.0 Å². The van der Waals surface area contributed by atoms with Crippen molar-refractivity contribution in [2.45, 2.75) is 36.9 Å². The van der Waals surface area contributed by atoms with Crippen molar-refractivity contribution in [2.75, 3.05) is 46.4 Å². The molecule has 1 aromatic carbocycles. The molecule has 0 aliphatic carbocycles. The highest BCUT2D eigenvalue weighted by Gasteiger charge is 2.23. The van der Waals surface area contributed by atoms with Gasteiger partial charge in [0.2, 0.25) is 5.91 Å². The maximum Gasteiger partial charge on any atom is 0.353 e. The number of carbonyl (C=O) groups excluding carboxylic acids is 3. The Bertz CT molecular complexity index is 1600. The number of carbonyl (C=O) groups is 5. The SMILES string of the molecule is C=CC(=O)N(NC(=O)C=CCCC1CNCCO1)C(=C)C(=O)O.C=CC(=O)NC(=C)C(=O)O.Cc1ccc(S(=O)(=O)O)cc1C1CN(C)CCO1. The molecule has 17 nitrogen and oxygen atoms in total. The van der Waals surface area contributed by atoms with E-state index < -0.39 is 45.5 Å². The van der Waals surface area contributed by atoms with Crippen molar-refractivity contribution >= 4 is 39.8 Å². The Morgan fingerprint density at radius 2 is 1.75 bits per heavy atom. The molecule has 3 amide bonds. The van der Waals surface area contributed by atoms with Gasteiger partial charge < -0.3 is 35.2 Å². The summed E-state index contributed by atoms with van der Waals surface area (Å²) in [6.45, 7) is 19.1. The van der Waals surface area contributed by atoms with Gasteiger partial charge >= 0.3 is 11.9 Å². The number of carboxylic acid groups (broad SMARTS) is 2. The minimum Gasteiger partial charge on any atom is -0.477 e. The second-order valence-electron chi connectivity index (χ2n) is 10.9. The summed E-state index contributed by atoms with van der Waals surface area (Å²) in [5, 5.41) is 22.8. The molecule has 2 heterocycles. The third-order valence-corrected chi connectivity index (χ3v) is 7.80. The first-order valence-corrected chi connectivity index (χ1v) is 16.8. The van der Waals surface area contributed by atoms with Gasteiger partial charge in [-0.15, -0.1) is 0 Å². The van der Waals surface area contributed by atoms with Gasteiger partial charge in [-0.3, -0.25) is 24.4 Å². The molecule has 18 heteroatoms. The van der Waals surface area contributed by atoms with E-state index in [1.54, 1.807) is 12.1 Å². The Labute approximate surface area is 296 Å². The number of benzene rings is 1. The Balaban J connectivity index is 0.000000412. The van der Waals surface area contributed by atoms with Crippen molar-refractivity contribution < 1.29 is 56.6 Å². The van der Waals surface area contributed by atoms with E-state index in [-0.39, 0.29) is 22.8 Å². The van der Waals surface area contributed by atoms with Crippen LogP contribution in [0.5, 0.6) is 0 Å². The highest BCUT2D eigenvalue weighted by atomic mass is 32.2. The number of hydrazine groups is 1. The predicted molar refractivity (Wildman–Crippen MR) is 185 cm³/mol. The molecule has 2 atom stereocenters. The molecule has 6 N–H and O–H groups in total. The van der Waals surface area contributed by atoms with E-state index in [0.717, 1.165) is 55.9 Å². The average Bonchev–Trinajstić information content (AvgIpc) is 3.09. The van der Waals surface area contributed by atoms with Crippen LogP contribution in [-0.4, -0.2) is 115 Å². The Kier molecular flexibility index (Phi) is 19.0. The van der Waals surface area contributed by atoms with Gasteiger partial charge in [-0.1, -0.05) is 38.5 Å². The minimum atomic E-state index is -4.16. The Morgan fingerprint density at radius 3 is 2.27 bits per heavy atom. The Hall–Kier alpha value is -4.98. The molecular formula is C33H45N5O12S. The summed E-state index contributed by atoms with van der Waals surface area (Å²) in [6, 6.07) is 4.59. The van der Waals surface area contributed by atoms with E-state index in [9.17, 15) is 32.4 Å². The molecular weight excluding hydrogens is 690 g/mol. The molecule has 2 aliphatic heterocycles. The van der Waals surface area contributed by atoms with Crippen molar-refractivity contribution in [3.8, 4) is 0 Å². The van der Waals surface area contributed by atoms with E-state index in [0.29, 0.717) is 24.6 Å². The number of rotatable bonds is 12. The molecule has 0 radical (unpaired) electrons.